The van der Waals surface area contributed by atoms with E-state index in [4.69, 9.17) is 66.5 Å². The van der Waals surface area contributed by atoms with Crippen LogP contribution in [0, 0.1) is 10.1 Å². The third kappa shape index (κ3) is 6.77. The minimum Gasteiger partial charge on any atom is -0.450 e. The van der Waals surface area contributed by atoms with Crippen molar-refractivity contribution in [3.05, 3.63) is 97.5 Å². The highest BCUT2D eigenvalue weighted by Crippen LogP contribution is 2.35. The Labute approximate surface area is 190 Å². The van der Waals surface area contributed by atoms with Crippen LogP contribution in [-0.2, 0) is 4.74 Å². The number of hydrogen-bond donors (Lipinski definition) is 1. The Morgan fingerprint density at radius 3 is 2.27 bits per heavy atom. The summed E-state index contributed by atoms with van der Waals surface area (Å²) in [5.74, 6) is -0.614. The van der Waals surface area contributed by atoms with E-state index in [-0.39, 0.29) is 10.6 Å². The van der Waals surface area contributed by atoms with Crippen molar-refractivity contribution in [1.82, 2.24) is 9.55 Å². The minimum atomic E-state index is -1.50. The van der Waals surface area contributed by atoms with Crippen LogP contribution in [0.25, 0.3) is 0 Å². The maximum absolute atomic E-state index is 12.6. The molecule has 8 nitrogen and oxygen atoms in total. The molecule has 2 unspecified atom stereocenters. The summed E-state index contributed by atoms with van der Waals surface area (Å²) >= 11 is 24.5. The van der Waals surface area contributed by atoms with Gasteiger partial charge in [-0.05, 0) is 35.9 Å². The van der Waals surface area contributed by atoms with Crippen molar-refractivity contribution in [3.8, 4) is 0 Å². The fourth-order valence-corrected chi connectivity index (χ4v) is 3.26. The van der Waals surface area contributed by atoms with Gasteiger partial charge in [0.1, 0.15) is 5.50 Å². The Kier molecular flexibility index (Phi) is 8.73. The first-order valence-corrected chi connectivity index (χ1v) is 9.62. The van der Waals surface area contributed by atoms with Crippen molar-refractivity contribution < 1.29 is 19.8 Å². The van der Waals surface area contributed by atoms with Crippen molar-refractivity contribution in [2.75, 3.05) is 0 Å². The zero-order chi connectivity index (χ0) is 22.3. The summed E-state index contributed by atoms with van der Waals surface area (Å²) in [6.07, 6.45) is 4.03. The Hall–Kier alpha value is -2.52. The van der Waals surface area contributed by atoms with Crippen molar-refractivity contribution >= 4 is 52.4 Å². The monoisotopic (exact) mass is 491 g/mol. The molecule has 12 heteroatoms. The van der Waals surface area contributed by atoms with Crippen LogP contribution in [0.4, 0.5) is 0 Å². The van der Waals surface area contributed by atoms with Gasteiger partial charge < -0.3 is 14.5 Å². The van der Waals surface area contributed by atoms with Gasteiger partial charge in [0.25, 0.3) is 5.09 Å². The molecule has 3 rings (SSSR count). The van der Waals surface area contributed by atoms with Crippen LogP contribution in [0.5, 0.6) is 0 Å². The highest BCUT2D eigenvalue weighted by molar-refractivity contribution is 6.36. The Morgan fingerprint density at radius 1 is 1.13 bits per heavy atom. The van der Waals surface area contributed by atoms with Crippen LogP contribution in [-0.4, -0.2) is 25.8 Å². The predicted molar refractivity (Wildman–Crippen MR) is 112 cm³/mol. The molecule has 3 aromatic rings. The van der Waals surface area contributed by atoms with Crippen molar-refractivity contribution in [1.29, 1.82) is 0 Å². The Balaban J connectivity index is 0.000000735. The van der Waals surface area contributed by atoms with Gasteiger partial charge >= 0.3 is 5.97 Å². The van der Waals surface area contributed by atoms with E-state index < -0.39 is 22.7 Å². The summed E-state index contributed by atoms with van der Waals surface area (Å²) in [4.78, 5) is 25.0. The van der Waals surface area contributed by atoms with Crippen molar-refractivity contribution in [3.63, 3.8) is 0 Å². The molecule has 0 radical (unpaired) electrons. The third-order valence-electron chi connectivity index (χ3n) is 3.64. The molecule has 0 bridgehead atoms. The number of carbonyl (C=O) groups is 1. The fraction of sp³-hybridized carbons (Fsp3) is 0.111. The lowest BCUT2D eigenvalue weighted by Crippen LogP contribution is -2.19. The van der Waals surface area contributed by atoms with Crippen LogP contribution in [0.2, 0.25) is 15.1 Å². The molecule has 0 aliphatic rings. The summed E-state index contributed by atoms with van der Waals surface area (Å²) in [6.45, 7) is 0. The molecule has 0 amide bonds. The number of benzene rings is 2. The number of carbonyl (C=O) groups excluding carboxylic acids is 1. The van der Waals surface area contributed by atoms with E-state index in [0.717, 1.165) is 0 Å². The van der Waals surface area contributed by atoms with Crippen LogP contribution in [0.3, 0.4) is 0 Å². The summed E-state index contributed by atoms with van der Waals surface area (Å²) in [6, 6.07) is 11.4. The number of halogens is 4. The molecule has 2 aromatic carbocycles. The van der Waals surface area contributed by atoms with E-state index in [1.807, 2.05) is 0 Å². The molecule has 0 spiro atoms. The van der Waals surface area contributed by atoms with Gasteiger partial charge in [0.15, 0.2) is 6.10 Å². The quantitative estimate of drug-likeness (QED) is 0.208. The Morgan fingerprint density at radius 2 is 1.73 bits per heavy atom. The van der Waals surface area contributed by atoms with Gasteiger partial charge in [-0.2, -0.15) is 0 Å². The molecule has 158 valence electrons. The highest BCUT2D eigenvalue weighted by atomic mass is 35.5. The lowest BCUT2D eigenvalue weighted by Gasteiger charge is -2.24. The SMILES string of the molecule is O=C(OC(c1ccc(Cl)cc1)C(Cl)n1ccnc1)c1ccc(Cl)cc1Cl.O=[N+]([O-])O. The average Bonchev–Trinajstić information content (AvgIpc) is 3.20. The molecule has 0 fully saturated rings. The second-order valence-electron chi connectivity index (χ2n) is 5.62. The first-order chi connectivity index (χ1) is 14.2. The highest BCUT2D eigenvalue weighted by Gasteiger charge is 2.28. The fourth-order valence-electron chi connectivity index (χ4n) is 2.34. The van der Waals surface area contributed by atoms with Crippen molar-refractivity contribution in [2.24, 2.45) is 0 Å². The van der Waals surface area contributed by atoms with Crippen molar-refractivity contribution in [2.45, 2.75) is 11.6 Å². The Bertz CT molecular complexity index is 996. The number of hydrogen-bond acceptors (Lipinski definition) is 5. The van der Waals surface area contributed by atoms with Crippen LogP contribution in [0.15, 0.2) is 61.2 Å². The molecule has 1 aromatic heterocycles. The van der Waals surface area contributed by atoms with E-state index in [2.05, 4.69) is 4.98 Å². The van der Waals surface area contributed by atoms with E-state index >= 15 is 0 Å². The topological polar surface area (TPSA) is 107 Å². The first-order valence-electron chi connectivity index (χ1n) is 8.05. The molecule has 0 saturated heterocycles. The molecule has 1 heterocycles. The lowest BCUT2D eigenvalue weighted by molar-refractivity contribution is -0.742. The standard InChI is InChI=1S/C18H12Cl4N2O2.HNO3/c19-12-3-1-11(2-4-12)16(17(22)24-8-7-23-10-24)26-18(25)14-6-5-13(20)9-15(14)21;2-1(3)4/h1-10,16-17H;(H,2,3,4). The molecule has 30 heavy (non-hydrogen) atoms. The lowest BCUT2D eigenvalue weighted by atomic mass is 10.1. The first kappa shape index (κ1) is 23.8. The third-order valence-corrected chi connectivity index (χ3v) is 4.90. The number of alkyl halides is 1. The van der Waals surface area contributed by atoms with Crippen LogP contribution < -0.4 is 0 Å². The van der Waals surface area contributed by atoms with E-state index in [1.54, 1.807) is 53.6 Å². The number of rotatable bonds is 5. The summed E-state index contributed by atoms with van der Waals surface area (Å²) in [5, 5.41) is 14.8. The van der Waals surface area contributed by atoms with E-state index in [0.29, 0.717) is 15.6 Å². The number of nitrogens with zero attached hydrogens (tertiary/aromatic N) is 3. The maximum Gasteiger partial charge on any atom is 0.340 e. The molecule has 1 N–H and O–H groups in total. The summed E-state index contributed by atoms with van der Waals surface area (Å²) < 4.78 is 7.32. The van der Waals surface area contributed by atoms with Crippen LogP contribution >= 0.6 is 46.4 Å². The zero-order valence-electron chi connectivity index (χ0n) is 14.9. The van der Waals surface area contributed by atoms with Gasteiger partial charge in [-0.3, -0.25) is 0 Å². The number of esters is 1. The van der Waals surface area contributed by atoms with E-state index in [9.17, 15) is 4.79 Å². The number of aromatic nitrogens is 2. The van der Waals surface area contributed by atoms with Gasteiger partial charge in [0.05, 0.1) is 16.9 Å². The smallest absolute Gasteiger partial charge is 0.340 e. The van der Waals surface area contributed by atoms with Gasteiger partial charge in [0, 0.05) is 22.4 Å². The molecular weight excluding hydrogens is 480 g/mol. The van der Waals surface area contributed by atoms with Gasteiger partial charge in [-0.1, -0.05) is 58.5 Å². The van der Waals surface area contributed by atoms with Gasteiger partial charge in [-0.25, -0.2) is 9.78 Å². The summed E-state index contributed by atoms with van der Waals surface area (Å²) in [5.41, 5.74) is 0.166. The predicted octanol–water partition coefficient (Wildman–Crippen LogP) is 5.83. The average molecular weight is 493 g/mol. The number of ether oxygens (including phenoxy) is 1. The second-order valence-corrected chi connectivity index (χ2v) is 7.35. The largest absolute Gasteiger partial charge is 0.450 e. The number of imidazole rings is 1. The van der Waals surface area contributed by atoms with Gasteiger partial charge in [-0.15, -0.1) is 10.1 Å². The van der Waals surface area contributed by atoms with Crippen LogP contribution in [0.1, 0.15) is 27.5 Å². The molecule has 2 atom stereocenters. The zero-order valence-corrected chi connectivity index (χ0v) is 17.9. The second kappa shape index (κ2) is 11.0. The minimum absolute atomic E-state index is 0.199. The molecule has 0 aliphatic heterocycles. The van der Waals surface area contributed by atoms with Gasteiger partial charge in [0.2, 0.25) is 0 Å². The maximum atomic E-state index is 12.6. The summed E-state index contributed by atoms with van der Waals surface area (Å²) in [7, 11) is 0. The normalized spacial score (nSPS) is 12.3. The molecular formula is C18H13Cl4N3O5. The molecule has 0 saturated carbocycles. The molecule has 0 aliphatic carbocycles. The van der Waals surface area contributed by atoms with E-state index in [1.165, 1.54) is 12.1 Å².